The van der Waals surface area contributed by atoms with E-state index in [4.69, 9.17) is 5.73 Å². The maximum absolute atomic E-state index is 5.47. The van der Waals surface area contributed by atoms with Gasteiger partial charge in [-0.2, -0.15) is 22.4 Å². The van der Waals surface area contributed by atoms with Crippen molar-refractivity contribution >= 4 is 27.5 Å². The van der Waals surface area contributed by atoms with Crippen LogP contribution in [0.5, 0.6) is 0 Å². The molecule has 0 unspecified atom stereocenters. The Morgan fingerprint density at radius 3 is 1.83 bits per heavy atom. The van der Waals surface area contributed by atoms with Crippen LogP contribution in [0.1, 0.15) is 13.8 Å². The molecule has 0 aromatic rings. The minimum Gasteiger partial charge on any atom is -0.332 e. The lowest BCUT2D eigenvalue weighted by Gasteiger charge is -2.10. The summed E-state index contributed by atoms with van der Waals surface area (Å²) in [7, 11) is 0. The first-order chi connectivity index (χ1) is 2.56. The Hall–Kier alpha value is 0.755. The van der Waals surface area contributed by atoms with Gasteiger partial charge in [-0.3, -0.25) is 0 Å². The lowest BCUT2D eigenvalue weighted by molar-refractivity contribution is 0.740. The molecule has 0 aliphatic rings. The quantitative estimate of drug-likeness (QED) is 0.485. The van der Waals surface area contributed by atoms with Crippen LogP contribution in [-0.4, -0.2) is 10.6 Å². The number of halogens is 1. The highest BCUT2D eigenvalue weighted by atomic mass is 127. The molecule has 0 aromatic carbocycles. The highest BCUT2D eigenvalue weighted by molar-refractivity contribution is 14.1. The Morgan fingerprint density at radius 2 is 1.83 bits per heavy atom. The molecule has 1 nitrogen and oxygen atoms in total. The SMILES string of the molecule is CC(C)(N)[B]I. The fraction of sp³-hybridized carbons (Fsp3) is 1.00. The zero-order chi connectivity index (χ0) is 5.21. The molecule has 0 saturated carbocycles. The van der Waals surface area contributed by atoms with Gasteiger partial charge in [-0.1, -0.05) is 13.8 Å². The summed E-state index contributed by atoms with van der Waals surface area (Å²) < 4.78 is 0. The van der Waals surface area contributed by atoms with Crippen LogP contribution in [0.15, 0.2) is 0 Å². The molecule has 0 amide bonds. The predicted octanol–water partition coefficient (Wildman–Crippen LogP) is 0.735. The molecule has 2 N–H and O–H groups in total. The Bertz CT molecular complexity index is 40.5. The van der Waals surface area contributed by atoms with Crippen molar-refractivity contribution in [2.75, 3.05) is 0 Å². The smallest absolute Gasteiger partial charge is 0.223 e. The minimum atomic E-state index is -0.0967. The van der Waals surface area contributed by atoms with E-state index >= 15 is 0 Å². The van der Waals surface area contributed by atoms with Crippen LogP contribution >= 0.6 is 22.4 Å². The van der Waals surface area contributed by atoms with E-state index in [2.05, 4.69) is 22.4 Å². The van der Waals surface area contributed by atoms with Crippen LogP contribution in [0.3, 0.4) is 0 Å². The van der Waals surface area contributed by atoms with Crippen molar-refractivity contribution in [2.24, 2.45) is 5.73 Å². The molecule has 35 valence electrons. The third-order valence-electron chi connectivity index (χ3n) is 0.281. The second kappa shape index (κ2) is 2.16. The van der Waals surface area contributed by atoms with E-state index < -0.39 is 0 Å². The van der Waals surface area contributed by atoms with E-state index in [1.165, 1.54) is 0 Å². The summed E-state index contributed by atoms with van der Waals surface area (Å²) in [4.78, 5) is 0. The molecule has 0 saturated heterocycles. The van der Waals surface area contributed by atoms with Gasteiger partial charge >= 0.3 is 0 Å². The van der Waals surface area contributed by atoms with Crippen molar-refractivity contribution < 1.29 is 0 Å². The number of hydrogen-bond donors (Lipinski definition) is 1. The first-order valence-corrected chi connectivity index (χ1v) is 3.04. The molecule has 0 rings (SSSR count). The number of rotatable bonds is 1. The van der Waals surface area contributed by atoms with Crippen molar-refractivity contribution in [1.82, 2.24) is 0 Å². The molecular formula is C3H8BIN. The summed E-state index contributed by atoms with van der Waals surface area (Å²) in [5, 5.41) is 1.94. The van der Waals surface area contributed by atoms with E-state index in [0.29, 0.717) is 0 Å². The van der Waals surface area contributed by atoms with Gasteiger partial charge < -0.3 is 5.73 Å². The second-order valence-corrected chi connectivity index (χ2v) is 2.55. The molecule has 0 bridgehead atoms. The van der Waals surface area contributed by atoms with Gasteiger partial charge in [0.1, 0.15) is 0 Å². The largest absolute Gasteiger partial charge is 0.332 e. The predicted molar refractivity (Wildman–Crippen MR) is 38.0 cm³/mol. The molecule has 6 heavy (non-hydrogen) atoms. The van der Waals surface area contributed by atoms with Crippen molar-refractivity contribution in [3.8, 4) is 0 Å². The van der Waals surface area contributed by atoms with Crippen LogP contribution in [0.4, 0.5) is 0 Å². The van der Waals surface area contributed by atoms with Crippen molar-refractivity contribution in [1.29, 1.82) is 0 Å². The summed E-state index contributed by atoms with van der Waals surface area (Å²) in [6.07, 6.45) is 0. The lowest BCUT2D eigenvalue weighted by Crippen LogP contribution is -2.35. The molecule has 0 spiro atoms. The maximum atomic E-state index is 5.47. The summed E-state index contributed by atoms with van der Waals surface area (Å²) in [5.74, 6) is 0. The zero-order valence-electron chi connectivity index (χ0n) is 4.03. The lowest BCUT2D eigenvalue weighted by atomic mass is 9.83. The van der Waals surface area contributed by atoms with Gasteiger partial charge in [0.2, 0.25) is 5.14 Å². The molecule has 0 atom stereocenters. The molecule has 3 heteroatoms. The van der Waals surface area contributed by atoms with Gasteiger partial charge in [-0.15, -0.1) is 0 Å². The van der Waals surface area contributed by atoms with Gasteiger partial charge in [-0.05, 0) is 5.44 Å². The van der Waals surface area contributed by atoms with Crippen molar-refractivity contribution in [2.45, 2.75) is 19.3 Å². The zero-order valence-corrected chi connectivity index (χ0v) is 6.19. The highest BCUT2D eigenvalue weighted by Crippen LogP contribution is 1.96. The third-order valence-corrected chi connectivity index (χ3v) is 1.89. The van der Waals surface area contributed by atoms with E-state index in [9.17, 15) is 0 Å². The van der Waals surface area contributed by atoms with Crippen molar-refractivity contribution in [3.05, 3.63) is 0 Å². The average Bonchev–Trinajstić information content (AvgIpc) is 1.35. The normalized spacial score (nSPS) is 11.3. The molecule has 0 aliphatic heterocycles. The molecule has 1 radical (unpaired) electrons. The summed E-state index contributed by atoms with van der Waals surface area (Å²) >= 11 is 2.14. The standard InChI is InChI=1S/C3H8BIN/c1-3(2,6)4-5/h6H2,1-2H3. The van der Waals surface area contributed by atoms with Crippen LogP contribution in [0, 0.1) is 0 Å². The van der Waals surface area contributed by atoms with Gasteiger partial charge in [-0.25, -0.2) is 0 Å². The Balaban J connectivity index is 3.17. The van der Waals surface area contributed by atoms with Crippen molar-refractivity contribution in [3.63, 3.8) is 0 Å². The molecule has 0 aliphatic carbocycles. The first kappa shape index (κ1) is 6.75. The van der Waals surface area contributed by atoms with Crippen LogP contribution in [-0.2, 0) is 0 Å². The van der Waals surface area contributed by atoms with Gasteiger partial charge in [0.25, 0.3) is 0 Å². The summed E-state index contributed by atoms with van der Waals surface area (Å²) in [6.45, 7) is 3.92. The maximum Gasteiger partial charge on any atom is 0.223 e. The number of hydrogen-bond acceptors (Lipinski definition) is 1. The molecule has 0 heterocycles. The fourth-order valence-corrected chi connectivity index (χ4v) is 0. The van der Waals surface area contributed by atoms with Crippen LogP contribution in [0.2, 0.25) is 0 Å². The number of nitrogens with two attached hydrogens (primary N) is 1. The average molecular weight is 196 g/mol. The monoisotopic (exact) mass is 196 g/mol. The van der Waals surface area contributed by atoms with E-state index in [1.54, 1.807) is 0 Å². The summed E-state index contributed by atoms with van der Waals surface area (Å²) in [5.41, 5.74) is 5.38. The minimum absolute atomic E-state index is 0.0967. The van der Waals surface area contributed by atoms with Crippen LogP contribution in [0.25, 0.3) is 0 Å². The van der Waals surface area contributed by atoms with Gasteiger partial charge in [0, 0.05) is 0 Å². The second-order valence-electron chi connectivity index (χ2n) is 1.93. The highest BCUT2D eigenvalue weighted by Gasteiger charge is 2.07. The Kier molecular flexibility index (Phi) is 2.44. The van der Waals surface area contributed by atoms with E-state index in [1.807, 2.05) is 19.0 Å². The van der Waals surface area contributed by atoms with Gasteiger partial charge in [0.05, 0.1) is 0 Å². The molecular weight excluding hydrogens is 188 g/mol. The molecule has 0 aromatic heterocycles. The summed E-state index contributed by atoms with van der Waals surface area (Å²) in [6, 6.07) is 0. The third kappa shape index (κ3) is 4.75. The first-order valence-electron chi connectivity index (χ1n) is 1.80. The fourth-order valence-electron chi connectivity index (χ4n) is 0. The van der Waals surface area contributed by atoms with E-state index in [0.717, 1.165) is 0 Å². The van der Waals surface area contributed by atoms with Crippen LogP contribution < -0.4 is 5.73 Å². The Morgan fingerprint density at radius 1 is 1.67 bits per heavy atom. The Labute approximate surface area is 52.8 Å². The van der Waals surface area contributed by atoms with E-state index in [-0.39, 0.29) is 5.44 Å². The van der Waals surface area contributed by atoms with Gasteiger partial charge in [0.15, 0.2) is 0 Å². The molecule has 0 fully saturated rings. The topological polar surface area (TPSA) is 26.0 Å².